The first-order valence-corrected chi connectivity index (χ1v) is 5.26. The molecule has 0 aromatic heterocycles. The van der Waals surface area contributed by atoms with Gasteiger partial charge in [-0.1, -0.05) is 24.3 Å². The maximum atomic E-state index is 12.2. The Labute approximate surface area is 96.8 Å². The molecule has 0 atom stereocenters. The molecule has 0 unspecified atom stereocenters. The lowest BCUT2D eigenvalue weighted by Gasteiger charge is -2.25. The van der Waals surface area contributed by atoms with Crippen molar-refractivity contribution in [3.8, 4) is 0 Å². The number of carbonyl (C=O) groups excluding carboxylic acids is 1. The van der Waals surface area contributed by atoms with Crippen molar-refractivity contribution in [3.63, 3.8) is 0 Å². The molecule has 1 amide bonds. The van der Waals surface area contributed by atoms with Crippen LogP contribution in [0.1, 0.15) is 18.1 Å². The molecule has 0 spiro atoms. The van der Waals surface area contributed by atoms with Crippen LogP contribution in [0.2, 0.25) is 0 Å². The molecule has 5 heteroatoms. The Morgan fingerprint density at radius 3 is 2.12 bits per heavy atom. The maximum Gasteiger partial charge on any atom is 0.471 e. The van der Waals surface area contributed by atoms with Crippen molar-refractivity contribution >= 4 is 5.91 Å². The number of rotatable bonds is 1. The summed E-state index contributed by atoms with van der Waals surface area (Å²) in [5.74, 6) is -1.87. The molecule has 0 fully saturated rings. The van der Waals surface area contributed by atoms with Crippen LogP contribution in [-0.2, 0) is 17.6 Å². The normalized spacial score (nSPS) is 17.6. The van der Waals surface area contributed by atoms with E-state index in [1.807, 2.05) is 24.3 Å². The molecule has 0 aliphatic heterocycles. The first-order chi connectivity index (χ1) is 7.80. The van der Waals surface area contributed by atoms with Gasteiger partial charge >= 0.3 is 12.1 Å². The van der Waals surface area contributed by atoms with E-state index < -0.39 is 17.6 Å². The van der Waals surface area contributed by atoms with Crippen LogP contribution in [-0.4, -0.2) is 17.6 Å². The largest absolute Gasteiger partial charge is 0.471 e. The summed E-state index contributed by atoms with van der Waals surface area (Å²) < 4.78 is 36.6. The van der Waals surface area contributed by atoms with Crippen LogP contribution in [0.25, 0.3) is 0 Å². The molecule has 17 heavy (non-hydrogen) atoms. The van der Waals surface area contributed by atoms with Crippen LogP contribution in [0.5, 0.6) is 0 Å². The Morgan fingerprint density at radius 2 is 1.71 bits per heavy atom. The summed E-state index contributed by atoms with van der Waals surface area (Å²) in [5.41, 5.74) is 1.16. The van der Waals surface area contributed by atoms with E-state index in [9.17, 15) is 18.0 Å². The molecule has 2 rings (SSSR count). The average Bonchev–Trinajstić information content (AvgIpc) is 2.51. The molecule has 0 bridgehead atoms. The zero-order valence-electron chi connectivity index (χ0n) is 9.27. The molecule has 92 valence electrons. The summed E-state index contributed by atoms with van der Waals surface area (Å²) in [6.07, 6.45) is -3.95. The maximum absolute atomic E-state index is 12.2. The lowest BCUT2D eigenvalue weighted by molar-refractivity contribution is -0.175. The molecule has 1 aliphatic rings. The third-order valence-electron chi connectivity index (χ3n) is 2.95. The van der Waals surface area contributed by atoms with E-state index in [0.29, 0.717) is 12.8 Å². The summed E-state index contributed by atoms with van der Waals surface area (Å²) in [6.45, 7) is 1.64. The van der Waals surface area contributed by atoms with Gasteiger partial charge in [-0.05, 0) is 30.9 Å². The van der Waals surface area contributed by atoms with E-state index in [0.717, 1.165) is 11.1 Å². The molecule has 1 aliphatic carbocycles. The smallest absolute Gasteiger partial charge is 0.342 e. The van der Waals surface area contributed by atoms with Gasteiger partial charge in [0.1, 0.15) is 0 Å². The summed E-state index contributed by atoms with van der Waals surface area (Å²) >= 11 is 0. The highest BCUT2D eigenvalue weighted by atomic mass is 19.4. The minimum atomic E-state index is -4.82. The molecule has 1 aromatic rings. The highest BCUT2D eigenvalue weighted by molar-refractivity contribution is 5.82. The summed E-state index contributed by atoms with van der Waals surface area (Å²) in [7, 11) is 0. The first kappa shape index (κ1) is 12.0. The monoisotopic (exact) mass is 243 g/mol. The first-order valence-electron chi connectivity index (χ1n) is 5.26. The Balaban J connectivity index is 2.13. The lowest BCUT2D eigenvalue weighted by Crippen LogP contribution is -2.51. The third kappa shape index (κ3) is 2.43. The van der Waals surface area contributed by atoms with Crippen molar-refractivity contribution in [1.82, 2.24) is 5.32 Å². The van der Waals surface area contributed by atoms with Crippen LogP contribution in [0.3, 0.4) is 0 Å². The molecule has 0 saturated carbocycles. The van der Waals surface area contributed by atoms with Crippen LogP contribution in [0, 0.1) is 0 Å². The van der Waals surface area contributed by atoms with Gasteiger partial charge in [-0.25, -0.2) is 0 Å². The average molecular weight is 243 g/mol. The molecule has 2 nitrogen and oxygen atoms in total. The predicted octanol–water partition coefficient (Wildman–Crippen LogP) is 2.22. The number of alkyl halides is 3. The topological polar surface area (TPSA) is 29.1 Å². The van der Waals surface area contributed by atoms with Crippen molar-refractivity contribution < 1.29 is 18.0 Å². The number of benzene rings is 1. The molecule has 0 saturated heterocycles. The number of nitrogens with one attached hydrogen (secondary N) is 1. The fourth-order valence-corrected chi connectivity index (χ4v) is 2.24. The van der Waals surface area contributed by atoms with Gasteiger partial charge in [0, 0.05) is 5.54 Å². The van der Waals surface area contributed by atoms with Gasteiger partial charge in [-0.2, -0.15) is 13.2 Å². The van der Waals surface area contributed by atoms with E-state index in [2.05, 4.69) is 5.32 Å². The van der Waals surface area contributed by atoms with Crippen LogP contribution >= 0.6 is 0 Å². The minimum absolute atomic E-state index is 0.436. The highest BCUT2D eigenvalue weighted by Crippen LogP contribution is 2.30. The lowest BCUT2D eigenvalue weighted by atomic mass is 9.98. The SMILES string of the molecule is CC1(NC(=O)C(F)(F)F)Cc2ccccc2C1. The van der Waals surface area contributed by atoms with E-state index in [-0.39, 0.29) is 0 Å². The van der Waals surface area contributed by atoms with Crippen molar-refractivity contribution in [3.05, 3.63) is 35.4 Å². The molecule has 0 radical (unpaired) electrons. The summed E-state index contributed by atoms with van der Waals surface area (Å²) in [5, 5.41) is 2.08. The van der Waals surface area contributed by atoms with Gasteiger partial charge < -0.3 is 5.32 Å². The van der Waals surface area contributed by atoms with Crippen molar-refractivity contribution in [2.75, 3.05) is 0 Å². The Morgan fingerprint density at radius 1 is 1.24 bits per heavy atom. The minimum Gasteiger partial charge on any atom is -0.342 e. The van der Waals surface area contributed by atoms with Crippen LogP contribution in [0.15, 0.2) is 24.3 Å². The Kier molecular flexibility index (Phi) is 2.64. The number of amides is 1. The number of halogens is 3. The molecule has 0 heterocycles. The second-order valence-corrected chi connectivity index (χ2v) is 4.63. The van der Waals surface area contributed by atoms with Crippen molar-refractivity contribution in [2.45, 2.75) is 31.5 Å². The van der Waals surface area contributed by atoms with Gasteiger partial charge in [-0.3, -0.25) is 4.79 Å². The highest BCUT2D eigenvalue weighted by Gasteiger charge is 2.44. The van der Waals surface area contributed by atoms with Gasteiger partial charge in [0.15, 0.2) is 0 Å². The van der Waals surface area contributed by atoms with Gasteiger partial charge in [0.25, 0.3) is 0 Å². The van der Waals surface area contributed by atoms with E-state index in [4.69, 9.17) is 0 Å². The van der Waals surface area contributed by atoms with Crippen molar-refractivity contribution in [2.24, 2.45) is 0 Å². The number of fused-ring (bicyclic) bond motifs is 1. The van der Waals surface area contributed by atoms with Crippen molar-refractivity contribution in [1.29, 1.82) is 0 Å². The van der Waals surface area contributed by atoms with Gasteiger partial charge in [0.05, 0.1) is 0 Å². The van der Waals surface area contributed by atoms with E-state index >= 15 is 0 Å². The Hall–Kier alpha value is -1.52. The number of hydrogen-bond donors (Lipinski definition) is 1. The quantitative estimate of drug-likeness (QED) is 0.805. The molecular weight excluding hydrogens is 231 g/mol. The van der Waals surface area contributed by atoms with E-state index in [1.54, 1.807) is 6.92 Å². The fraction of sp³-hybridized carbons (Fsp3) is 0.417. The number of carbonyl (C=O) groups is 1. The molecule has 1 N–H and O–H groups in total. The van der Waals surface area contributed by atoms with Crippen LogP contribution in [0.4, 0.5) is 13.2 Å². The van der Waals surface area contributed by atoms with E-state index in [1.165, 1.54) is 0 Å². The van der Waals surface area contributed by atoms with Crippen LogP contribution < -0.4 is 5.32 Å². The fourth-order valence-electron chi connectivity index (χ4n) is 2.24. The van der Waals surface area contributed by atoms with Gasteiger partial charge in [0.2, 0.25) is 0 Å². The zero-order chi connectivity index (χ0) is 12.7. The third-order valence-corrected chi connectivity index (χ3v) is 2.95. The Bertz CT molecular complexity index is 428. The second-order valence-electron chi connectivity index (χ2n) is 4.63. The molecular formula is C12H12F3NO. The second kappa shape index (κ2) is 3.75. The summed E-state index contributed by atoms with van der Waals surface area (Å²) in [4.78, 5) is 10.9. The standard InChI is InChI=1S/C12H12F3NO/c1-11(16-10(17)12(13,14)15)6-8-4-2-3-5-9(8)7-11/h2-5H,6-7H2,1H3,(H,16,17). The summed E-state index contributed by atoms with van der Waals surface area (Å²) in [6, 6.07) is 7.44. The molecule has 1 aromatic carbocycles. The number of hydrogen-bond acceptors (Lipinski definition) is 1. The van der Waals surface area contributed by atoms with Gasteiger partial charge in [-0.15, -0.1) is 0 Å². The zero-order valence-corrected chi connectivity index (χ0v) is 9.27. The predicted molar refractivity (Wildman–Crippen MR) is 56.5 cm³/mol.